The van der Waals surface area contributed by atoms with E-state index in [0.717, 1.165) is 25.7 Å². The van der Waals surface area contributed by atoms with E-state index in [1.54, 1.807) is 0 Å². The lowest BCUT2D eigenvalue weighted by atomic mass is 10.0. The van der Waals surface area contributed by atoms with Crippen molar-refractivity contribution in [3.8, 4) is 0 Å². The van der Waals surface area contributed by atoms with Gasteiger partial charge in [-0.15, -0.1) is 0 Å². The number of ether oxygens (including phenoxy) is 3. The summed E-state index contributed by atoms with van der Waals surface area (Å²) in [4.78, 5) is 83.3. The number of cyclic esters (lactones) is 1. The highest BCUT2D eigenvalue weighted by molar-refractivity contribution is 7.54. The highest BCUT2D eigenvalue weighted by atomic mass is 31.2. The lowest BCUT2D eigenvalue weighted by molar-refractivity contribution is -0.167. The van der Waals surface area contributed by atoms with Gasteiger partial charge in [-0.3, -0.25) is 19.2 Å². The molecule has 0 bridgehead atoms. The molecule has 4 atom stereocenters. The number of amides is 3. The molecule has 4 unspecified atom stereocenters. The molecule has 22 heteroatoms. The first-order valence-corrected chi connectivity index (χ1v) is 24.9. The topological polar surface area (TPSA) is 294 Å². The molecule has 0 aromatic carbocycles. The summed E-state index contributed by atoms with van der Waals surface area (Å²) in [6, 6.07) is -2.45. The lowest BCUT2D eigenvalue weighted by Gasteiger charge is -2.29. The number of rotatable bonds is 38. The van der Waals surface area contributed by atoms with Gasteiger partial charge in [-0.2, -0.15) is 0 Å². The van der Waals surface area contributed by atoms with Gasteiger partial charge in [-0.25, -0.2) is 28.5 Å². The fourth-order valence-corrected chi connectivity index (χ4v) is 8.47. The predicted octanol–water partition coefficient (Wildman–Crippen LogP) is 4.38. The number of aromatic nitrogens is 2. The SMILES string of the molecule is CCCCCCCCCCCCCCCCOCC(OC(=O)CCC(=O)NCC(=O)NC(CCCCN)C(=O)NC(Cc1cnc[nH]1)C(=O)O)C1OC(=O)C(OP(=O)(N(C)C)N(C)C)=C1O. The average molecular weight is 957 g/mol. The normalized spacial score (nSPS) is 15.3. The van der Waals surface area contributed by atoms with Crippen LogP contribution in [0.25, 0.3) is 0 Å². The number of hydrogen-bond acceptors (Lipinski definition) is 14. The largest absolute Gasteiger partial charge is 0.505 e. The van der Waals surface area contributed by atoms with E-state index < -0.39 is 98.5 Å². The molecule has 8 N–H and O–H groups in total. The van der Waals surface area contributed by atoms with Crippen molar-refractivity contribution in [2.24, 2.45) is 5.73 Å². The molecule has 376 valence electrons. The van der Waals surface area contributed by atoms with Crippen LogP contribution in [-0.2, 0) is 58.5 Å². The van der Waals surface area contributed by atoms with Crippen molar-refractivity contribution in [3.63, 3.8) is 0 Å². The Kier molecular flexibility index (Phi) is 28.1. The van der Waals surface area contributed by atoms with Crippen LogP contribution in [-0.4, -0.2) is 144 Å². The maximum Gasteiger partial charge on any atom is 0.395 e. The summed E-state index contributed by atoms with van der Waals surface area (Å²) >= 11 is 0. The van der Waals surface area contributed by atoms with Crippen molar-refractivity contribution in [1.82, 2.24) is 35.3 Å². The van der Waals surface area contributed by atoms with Crippen LogP contribution in [0.2, 0.25) is 0 Å². The predicted molar refractivity (Wildman–Crippen MR) is 246 cm³/mol. The number of nitrogens with zero attached hydrogens (tertiary/aromatic N) is 3. The number of carbonyl (C=O) groups excluding carboxylic acids is 5. The van der Waals surface area contributed by atoms with Crippen molar-refractivity contribution in [2.45, 2.75) is 160 Å². The van der Waals surface area contributed by atoms with Crippen LogP contribution in [0.1, 0.15) is 135 Å². The number of carboxylic acid groups (broad SMARTS) is 1. The number of aliphatic hydroxyl groups is 1. The van der Waals surface area contributed by atoms with E-state index in [1.165, 1.54) is 114 Å². The molecule has 2 heterocycles. The number of carboxylic acids is 1. The zero-order valence-electron chi connectivity index (χ0n) is 39.7. The number of esters is 2. The second kappa shape index (κ2) is 32.2. The Labute approximate surface area is 389 Å². The second-order valence-corrected chi connectivity index (χ2v) is 19.6. The molecule has 66 heavy (non-hydrogen) atoms. The number of nitrogens with one attached hydrogen (secondary N) is 4. The van der Waals surface area contributed by atoms with Gasteiger partial charge >= 0.3 is 25.6 Å². The van der Waals surface area contributed by atoms with E-state index >= 15 is 0 Å². The zero-order valence-corrected chi connectivity index (χ0v) is 40.6. The molecule has 0 spiro atoms. The molecule has 0 saturated heterocycles. The summed E-state index contributed by atoms with van der Waals surface area (Å²) in [5.74, 6) is -6.96. The first-order chi connectivity index (χ1) is 31.5. The molecule has 3 amide bonds. The van der Waals surface area contributed by atoms with E-state index in [-0.39, 0.29) is 19.4 Å². The maximum atomic E-state index is 13.5. The number of unbranched alkanes of at least 4 members (excludes halogenated alkanes) is 14. The van der Waals surface area contributed by atoms with Gasteiger partial charge in [0.05, 0.1) is 25.9 Å². The molecule has 1 aromatic heterocycles. The van der Waals surface area contributed by atoms with E-state index in [9.17, 15) is 43.5 Å². The van der Waals surface area contributed by atoms with Gasteiger partial charge in [0, 0.05) is 31.3 Å². The summed E-state index contributed by atoms with van der Waals surface area (Å²) < 4.78 is 38.3. The van der Waals surface area contributed by atoms with Gasteiger partial charge < -0.3 is 55.6 Å². The van der Waals surface area contributed by atoms with E-state index in [4.69, 9.17) is 24.5 Å². The summed E-state index contributed by atoms with van der Waals surface area (Å²) in [6.07, 6.45) is 16.6. The molecule has 0 aliphatic carbocycles. The molecule has 21 nitrogen and oxygen atoms in total. The van der Waals surface area contributed by atoms with Gasteiger partial charge in [0.25, 0.3) is 5.76 Å². The van der Waals surface area contributed by atoms with Gasteiger partial charge in [0.15, 0.2) is 11.9 Å². The van der Waals surface area contributed by atoms with E-state index in [0.29, 0.717) is 31.7 Å². The van der Waals surface area contributed by atoms with Crippen molar-refractivity contribution < 1.29 is 62.3 Å². The molecule has 1 aliphatic heterocycles. The molecular weight excluding hydrogens is 880 g/mol. The smallest absolute Gasteiger partial charge is 0.395 e. The number of nitrogens with two attached hydrogens (primary N) is 1. The monoisotopic (exact) mass is 957 g/mol. The van der Waals surface area contributed by atoms with Crippen molar-refractivity contribution in [1.29, 1.82) is 0 Å². The third-order valence-electron chi connectivity index (χ3n) is 10.9. The lowest BCUT2D eigenvalue weighted by Crippen LogP contribution is -2.53. The quantitative estimate of drug-likeness (QED) is 0.0275. The Balaban J connectivity index is 1.95. The number of aliphatic hydroxyl groups excluding tert-OH is 1. The average Bonchev–Trinajstić information content (AvgIpc) is 3.89. The van der Waals surface area contributed by atoms with Crippen molar-refractivity contribution in [3.05, 3.63) is 29.7 Å². The summed E-state index contributed by atoms with van der Waals surface area (Å²) in [6.45, 7) is 2.00. The fraction of sp³-hybridized carbons (Fsp3) is 0.750. The number of aromatic amines is 1. The molecule has 0 fully saturated rings. The number of imidazole rings is 1. The van der Waals surface area contributed by atoms with Crippen LogP contribution in [0.4, 0.5) is 0 Å². The van der Waals surface area contributed by atoms with Gasteiger partial charge in [-0.05, 0) is 60.4 Å². The highest BCUT2D eigenvalue weighted by Crippen LogP contribution is 2.53. The Morgan fingerprint density at radius 2 is 1.47 bits per heavy atom. The molecule has 2 rings (SSSR count). The van der Waals surface area contributed by atoms with E-state index in [1.807, 2.05) is 0 Å². The van der Waals surface area contributed by atoms with Gasteiger partial charge in [0.2, 0.25) is 23.8 Å². The third-order valence-corrected chi connectivity index (χ3v) is 13.3. The number of hydrogen-bond donors (Lipinski definition) is 7. The van der Waals surface area contributed by atoms with Gasteiger partial charge in [0.1, 0.15) is 12.1 Å². The summed E-state index contributed by atoms with van der Waals surface area (Å²) in [7, 11) is 2.07. The molecule has 1 aliphatic rings. The molecule has 1 aromatic rings. The maximum absolute atomic E-state index is 13.5. The number of carbonyl (C=O) groups is 6. The number of H-pyrrole nitrogens is 1. The minimum Gasteiger partial charge on any atom is -0.505 e. The Bertz CT molecular complexity index is 1700. The molecule has 0 saturated carbocycles. The number of aliphatic carboxylic acids is 1. The summed E-state index contributed by atoms with van der Waals surface area (Å²) in [5, 5.41) is 28.1. The van der Waals surface area contributed by atoms with Crippen molar-refractivity contribution in [2.75, 3.05) is 54.5 Å². The van der Waals surface area contributed by atoms with Crippen LogP contribution >= 0.6 is 7.67 Å². The summed E-state index contributed by atoms with van der Waals surface area (Å²) in [5.41, 5.74) is 6.07. The molecule has 0 radical (unpaired) electrons. The van der Waals surface area contributed by atoms with Crippen LogP contribution in [0.5, 0.6) is 0 Å². The fourth-order valence-electron chi connectivity index (χ4n) is 7.02. The minimum absolute atomic E-state index is 0.0772. The Morgan fingerprint density at radius 3 is 2.02 bits per heavy atom. The van der Waals surface area contributed by atoms with Crippen molar-refractivity contribution >= 4 is 43.3 Å². The Hall–Kier alpha value is -4.56. The Morgan fingerprint density at radius 1 is 0.864 bits per heavy atom. The van der Waals surface area contributed by atoms with Crippen LogP contribution in [0, 0.1) is 0 Å². The third kappa shape index (κ3) is 21.8. The highest BCUT2D eigenvalue weighted by Gasteiger charge is 2.46. The standard InChI is InChI=1S/C44H77N8O13P/c1-6-7-8-9-10-11-12-13-14-15-16-17-18-21-26-62-30-35(40-39(56)41(44(60)64-40)65-66(61,51(2)3)52(4)5)63-38(55)24-23-36(53)47-29-37(54)49-33(22-19-20-25-45)42(57)50-34(43(58)59)27-32-28-46-31-48-32/h28,31,33-35,40,56H,6-27,29-30,45H2,1-5H3,(H,46,48)(H,47,53)(H,49,54)(H,50,57)(H,58,59). The van der Waals surface area contributed by atoms with Crippen LogP contribution < -0.4 is 21.7 Å². The first kappa shape index (κ1) is 57.6. The molecular formula is C44H77N8O13P. The first-order valence-electron chi connectivity index (χ1n) is 23.4. The second-order valence-electron chi connectivity index (χ2n) is 16.9. The van der Waals surface area contributed by atoms with Crippen LogP contribution in [0.3, 0.4) is 0 Å². The van der Waals surface area contributed by atoms with Gasteiger partial charge in [-0.1, -0.05) is 90.4 Å². The zero-order chi connectivity index (χ0) is 48.9. The minimum atomic E-state index is -3.81. The van der Waals surface area contributed by atoms with E-state index in [2.05, 4.69) is 32.8 Å². The van der Waals surface area contributed by atoms with Crippen LogP contribution in [0.15, 0.2) is 24.0 Å².